The molecule has 0 bridgehead atoms. The number of methoxy groups -OCH3 is 2. The predicted octanol–water partition coefficient (Wildman–Crippen LogP) is 1.23. The molecular formula is C14H18N4O4S. The molecule has 2 rings (SSSR count). The summed E-state index contributed by atoms with van der Waals surface area (Å²) in [5.74, 6) is 0.603. The maximum absolute atomic E-state index is 12.4. The number of aromatic nitrogens is 2. The first-order chi connectivity index (χ1) is 11.0. The van der Waals surface area contributed by atoms with Gasteiger partial charge in [0.25, 0.3) is 10.0 Å². The first-order valence-corrected chi connectivity index (χ1v) is 8.28. The Morgan fingerprint density at radius 3 is 2.74 bits per heavy atom. The highest BCUT2D eigenvalue weighted by Crippen LogP contribution is 2.27. The Balaban J connectivity index is 2.21. The van der Waals surface area contributed by atoms with E-state index in [9.17, 15) is 8.42 Å². The Morgan fingerprint density at radius 1 is 1.35 bits per heavy atom. The summed E-state index contributed by atoms with van der Waals surface area (Å²) in [5.41, 5.74) is 0.687. The van der Waals surface area contributed by atoms with Gasteiger partial charge in [0.2, 0.25) is 0 Å². The van der Waals surface area contributed by atoms with Crippen LogP contribution in [-0.4, -0.2) is 38.6 Å². The van der Waals surface area contributed by atoms with Crippen molar-refractivity contribution in [2.75, 3.05) is 14.2 Å². The van der Waals surface area contributed by atoms with Crippen LogP contribution in [0.4, 0.5) is 0 Å². The average molecular weight is 338 g/mol. The molecule has 124 valence electrons. The van der Waals surface area contributed by atoms with Gasteiger partial charge in [0.1, 0.15) is 16.4 Å². The standard InChI is InChI=1S/C14H18N4O4S/c1-4-18-10-11(9-16-18)8-15-17-23(19,20)14-7-12(21-2)5-6-13(14)22-3/h5-10,17H,4H2,1-3H3/b15-8+. The molecule has 1 heterocycles. The number of hydrazone groups is 1. The van der Waals surface area contributed by atoms with E-state index in [1.165, 1.54) is 32.6 Å². The number of nitrogens with zero attached hydrogens (tertiary/aromatic N) is 3. The van der Waals surface area contributed by atoms with Gasteiger partial charge in [-0.1, -0.05) is 0 Å². The van der Waals surface area contributed by atoms with Gasteiger partial charge >= 0.3 is 0 Å². The van der Waals surface area contributed by atoms with Gasteiger partial charge < -0.3 is 9.47 Å². The maximum Gasteiger partial charge on any atom is 0.280 e. The van der Waals surface area contributed by atoms with E-state index < -0.39 is 10.0 Å². The Bertz CT molecular complexity index is 799. The summed E-state index contributed by atoms with van der Waals surface area (Å²) >= 11 is 0. The molecule has 0 aliphatic rings. The van der Waals surface area contributed by atoms with E-state index in [4.69, 9.17) is 9.47 Å². The van der Waals surface area contributed by atoms with E-state index in [0.29, 0.717) is 11.3 Å². The molecule has 1 N–H and O–H groups in total. The Morgan fingerprint density at radius 2 is 2.13 bits per heavy atom. The van der Waals surface area contributed by atoms with Crippen LogP contribution < -0.4 is 14.3 Å². The van der Waals surface area contributed by atoms with Crippen LogP contribution in [-0.2, 0) is 16.6 Å². The molecule has 0 spiro atoms. The molecule has 0 amide bonds. The van der Waals surface area contributed by atoms with E-state index in [-0.39, 0.29) is 10.6 Å². The van der Waals surface area contributed by atoms with Crippen LogP contribution in [0.5, 0.6) is 11.5 Å². The number of aryl methyl sites for hydroxylation is 1. The third-order valence-corrected chi connectivity index (χ3v) is 4.27. The number of ether oxygens (including phenoxy) is 2. The topological polar surface area (TPSA) is 94.8 Å². The second-order valence-corrected chi connectivity index (χ2v) is 6.13. The van der Waals surface area contributed by atoms with E-state index in [2.05, 4.69) is 15.0 Å². The molecule has 9 heteroatoms. The van der Waals surface area contributed by atoms with E-state index in [1.54, 1.807) is 23.1 Å². The summed E-state index contributed by atoms with van der Waals surface area (Å²) in [5, 5.41) is 7.83. The lowest BCUT2D eigenvalue weighted by atomic mass is 10.3. The quantitative estimate of drug-likeness (QED) is 0.605. The Kier molecular flexibility index (Phi) is 5.22. The van der Waals surface area contributed by atoms with Gasteiger partial charge in [-0.15, -0.1) is 0 Å². The fourth-order valence-corrected chi connectivity index (χ4v) is 2.81. The smallest absolute Gasteiger partial charge is 0.280 e. The van der Waals surface area contributed by atoms with Crippen molar-refractivity contribution in [1.29, 1.82) is 0 Å². The molecule has 0 saturated heterocycles. The van der Waals surface area contributed by atoms with E-state index in [0.717, 1.165) is 6.54 Å². The minimum Gasteiger partial charge on any atom is -0.497 e. The molecule has 0 saturated carbocycles. The summed E-state index contributed by atoms with van der Waals surface area (Å²) in [6, 6.07) is 4.49. The van der Waals surface area contributed by atoms with Crippen LogP contribution in [0.1, 0.15) is 12.5 Å². The molecule has 0 radical (unpaired) electrons. The molecule has 0 aliphatic carbocycles. The maximum atomic E-state index is 12.4. The molecule has 0 unspecified atom stereocenters. The lowest BCUT2D eigenvalue weighted by Crippen LogP contribution is -2.19. The highest BCUT2D eigenvalue weighted by molar-refractivity contribution is 7.89. The molecule has 1 aromatic carbocycles. The Hall–Kier alpha value is -2.55. The zero-order chi connectivity index (χ0) is 16.9. The molecule has 23 heavy (non-hydrogen) atoms. The first-order valence-electron chi connectivity index (χ1n) is 6.79. The van der Waals surface area contributed by atoms with Crippen molar-refractivity contribution in [2.24, 2.45) is 5.10 Å². The second-order valence-electron chi connectivity index (χ2n) is 4.50. The van der Waals surface area contributed by atoms with Crippen molar-refractivity contribution in [1.82, 2.24) is 14.6 Å². The van der Waals surface area contributed by atoms with Crippen LogP contribution in [0.15, 0.2) is 40.6 Å². The lowest BCUT2D eigenvalue weighted by Gasteiger charge is -2.10. The highest BCUT2D eigenvalue weighted by Gasteiger charge is 2.19. The van der Waals surface area contributed by atoms with Gasteiger partial charge in [-0.2, -0.15) is 23.4 Å². The van der Waals surface area contributed by atoms with Gasteiger partial charge in [0.05, 0.1) is 26.6 Å². The van der Waals surface area contributed by atoms with Crippen LogP contribution in [0, 0.1) is 0 Å². The third kappa shape index (κ3) is 4.01. The van der Waals surface area contributed by atoms with Crippen molar-refractivity contribution in [3.05, 3.63) is 36.2 Å². The predicted molar refractivity (Wildman–Crippen MR) is 85.4 cm³/mol. The number of sulfonamides is 1. The normalized spacial score (nSPS) is 11.6. The van der Waals surface area contributed by atoms with Crippen LogP contribution in [0.3, 0.4) is 0 Å². The summed E-state index contributed by atoms with van der Waals surface area (Å²) in [6.45, 7) is 2.67. The van der Waals surface area contributed by atoms with Crippen molar-refractivity contribution in [3.8, 4) is 11.5 Å². The number of benzene rings is 1. The molecule has 0 fully saturated rings. The number of hydrogen-bond donors (Lipinski definition) is 1. The van der Waals surface area contributed by atoms with Crippen molar-refractivity contribution in [3.63, 3.8) is 0 Å². The summed E-state index contributed by atoms with van der Waals surface area (Å²) in [7, 11) is -1.04. The van der Waals surface area contributed by atoms with Crippen molar-refractivity contribution in [2.45, 2.75) is 18.4 Å². The number of nitrogens with one attached hydrogen (secondary N) is 1. The minimum absolute atomic E-state index is 0.0549. The summed E-state index contributed by atoms with van der Waals surface area (Å²) in [4.78, 5) is 2.09. The zero-order valence-corrected chi connectivity index (χ0v) is 13.9. The molecule has 1 aromatic heterocycles. The van der Waals surface area contributed by atoms with Gasteiger partial charge in [0, 0.05) is 24.4 Å². The number of hydrogen-bond acceptors (Lipinski definition) is 6. The van der Waals surface area contributed by atoms with Gasteiger partial charge in [-0.05, 0) is 19.1 Å². The van der Waals surface area contributed by atoms with Crippen LogP contribution >= 0.6 is 0 Å². The zero-order valence-electron chi connectivity index (χ0n) is 13.1. The molecule has 0 atom stereocenters. The van der Waals surface area contributed by atoms with E-state index >= 15 is 0 Å². The SMILES string of the molecule is CCn1cc(/C=N/NS(=O)(=O)c2cc(OC)ccc2OC)cn1. The largest absolute Gasteiger partial charge is 0.497 e. The molecular weight excluding hydrogens is 320 g/mol. The molecule has 8 nitrogen and oxygen atoms in total. The van der Waals surface area contributed by atoms with Crippen molar-refractivity contribution >= 4 is 16.2 Å². The number of rotatable bonds is 7. The van der Waals surface area contributed by atoms with Gasteiger partial charge in [-0.3, -0.25) is 4.68 Å². The van der Waals surface area contributed by atoms with Crippen LogP contribution in [0.2, 0.25) is 0 Å². The minimum atomic E-state index is -3.88. The molecule has 2 aromatic rings. The molecule has 0 aliphatic heterocycles. The van der Waals surface area contributed by atoms with Gasteiger partial charge in [-0.25, -0.2) is 0 Å². The summed E-state index contributed by atoms with van der Waals surface area (Å²) in [6.07, 6.45) is 4.72. The fourth-order valence-electron chi connectivity index (χ4n) is 1.83. The van der Waals surface area contributed by atoms with E-state index in [1.807, 2.05) is 6.92 Å². The highest BCUT2D eigenvalue weighted by atomic mass is 32.2. The van der Waals surface area contributed by atoms with Crippen molar-refractivity contribution < 1.29 is 17.9 Å². The first kappa shape index (κ1) is 16.8. The fraction of sp³-hybridized carbons (Fsp3) is 0.286. The summed E-state index contributed by atoms with van der Waals surface area (Å²) < 4.78 is 36.5. The van der Waals surface area contributed by atoms with Crippen LogP contribution in [0.25, 0.3) is 0 Å². The lowest BCUT2D eigenvalue weighted by molar-refractivity contribution is 0.392. The average Bonchev–Trinajstić information content (AvgIpc) is 3.02. The third-order valence-electron chi connectivity index (χ3n) is 3.02. The second kappa shape index (κ2) is 7.14. The van der Waals surface area contributed by atoms with Gasteiger partial charge in [0.15, 0.2) is 0 Å². The monoisotopic (exact) mass is 338 g/mol. The Labute approximate surface area is 134 Å².